The number of nitrogens with two attached hydrogens (primary N) is 1. The zero-order valence-electron chi connectivity index (χ0n) is 11.5. The van der Waals surface area contributed by atoms with Crippen LogP contribution in [0.25, 0.3) is 0 Å². The molecule has 19 heavy (non-hydrogen) atoms. The van der Waals surface area contributed by atoms with Gasteiger partial charge in [0.05, 0.1) is 7.11 Å². The maximum Gasteiger partial charge on any atom is 0.346 e. The van der Waals surface area contributed by atoms with Crippen molar-refractivity contribution in [1.82, 2.24) is 4.90 Å². The number of methoxy groups -OCH3 is 1. The van der Waals surface area contributed by atoms with Crippen molar-refractivity contribution in [2.75, 3.05) is 13.7 Å². The largest absolute Gasteiger partial charge is 0.496 e. The van der Waals surface area contributed by atoms with Gasteiger partial charge in [0.2, 0.25) is 0 Å². The van der Waals surface area contributed by atoms with Crippen molar-refractivity contribution < 1.29 is 9.53 Å². The van der Waals surface area contributed by atoms with Crippen molar-refractivity contribution in [3.8, 4) is 5.75 Å². The summed E-state index contributed by atoms with van der Waals surface area (Å²) in [5, 5.41) is 0. The van der Waals surface area contributed by atoms with Crippen LogP contribution < -0.4 is 10.5 Å². The van der Waals surface area contributed by atoms with Crippen LogP contribution in [0.1, 0.15) is 19.4 Å². The molecule has 0 aliphatic carbocycles. The molecule has 1 aromatic carbocycles. The fourth-order valence-electron chi connectivity index (χ4n) is 2.52. The third-order valence-corrected chi connectivity index (χ3v) is 3.64. The lowest BCUT2D eigenvalue weighted by Crippen LogP contribution is -2.53. The molecule has 102 valence electrons. The molecule has 2 N–H and O–H groups in total. The predicted molar refractivity (Wildman–Crippen MR) is 74.5 cm³/mol. The smallest absolute Gasteiger partial charge is 0.346 e. The third kappa shape index (κ3) is 2.16. The first-order valence-corrected chi connectivity index (χ1v) is 6.31. The highest BCUT2D eigenvalue weighted by atomic mass is 16.5. The molecule has 2 rings (SSSR count). The van der Waals surface area contributed by atoms with Gasteiger partial charge in [-0.05, 0) is 25.5 Å². The number of carbonyl (C=O) groups excluding carboxylic acids is 1. The SMILES string of the molecule is CCN1C(=O)N=C(N)C1(C)Cc1ccccc1OC. The monoisotopic (exact) mass is 261 g/mol. The average molecular weight is 261 g/mol. The summed E-state index contributed by atoms with van der Waals surface area (Å²) < 4.78 is 5.35. The molecule has 1 atom stereocenters. The minimum atomic E-state index is -0.583. The highest BCUT2D eigenvalue weighted by Gasteiger charge is 2.44. The van der Waals surface area contributed by atoms with Gasteiger partial charge < -0.3 is 15.4 Å². The number of benzene rings is 1. The number of carbonyl (C=O) groups is 1. The number of likely N-dealkylation sites (N-methyl/N-ethyl adjacent to an activating group) is 1. The number of hydrogen-bond donors (Lipinski definition) is 1. The number of amidine groups is 1. The molecule has 0 saturated carbocycles. The molecular weight excluding hydrogens is 242 g/mol. The van der Waals surface area contributed by atoms with E-state index in [1.807, 2.05) is 38.1 Å². The number of hydrogen-bond acceptors (Lipinski definition) is 3. The molecule has 0 spiro atoms. The van der Waals surface area contributed by atoms with Gasteiger partial charge in [-0.2, -0.15) is 4.99 Å². The number of nitrogens with zero attached hydrogens (tertiary/aromatic N) is 2. The highest BCUT2D eigenvalue weighted by molar-refractivity contribution is 6.05. The minimum absolute atomic E-state index is 0.266. The Morgan fingerprint density at radius 3 is 2.74 bits per heavy atom. The second kappa shape index (κ2) is 4.91. The summed E-state index contributed by atoms with van der Waals surface area (Å²) in [5.41, 5.74) is 6.39. The summed E-state index contributed by atoms with van der Waals surface area (Å²) in [6.07, 6.45) is 0.589. The lowest BCUT2D eigenvalue weighted by atomic mass is 9.90. The van der Waals surface area contributed by atoms with Crippen LogP contribution in [0.5, 0.6) is 5.75 Å². The van der Waals surface area contributed by atoms with Crippen LogP contribution >= 0.6 is 0 Å². The first kappa shape index (κ1) is 13.4. The zero-order valence-corrected chi connectivity index (χ0v) is 11.5. The van der Waals surface area contributed by atoms with Gasteiger partial charge in [0.1, 0.15) is 17.1 Å². The van der Waals surface area contributed by atoms with E-state index >= 15 is 0 Å². The van der Waals surface area contributed by atoms with Crippen LogP contribution in [0.4, 0.5) is 4.79 Å². The van der Waals surface area contributed by atoms with Gasteiger partial charge in [-0.15, -0.1) is 0 Å². The highest BCUT2D eigenvalue weighted by Crippen LogP contribution is 2.30. The molecule has 1 unspecified atom stereocenters. The Morgan fingerprint density at radius 2 is 2.11 bits per heavy atom. The molecule has 0 radical (unpaired) electrons. The molecule has 2 amide bonds. The number of aliphatic imine (C=N–C) groups is 1. The van der Waals surface area contributed by atoms with Crippen LogP contribution in [0, 0.1) is 0 Å². The summed E-state index contributed by atoms with van der Waals surface area (Å²) in [6.45, 7) is 4.44. The number of urea groups is 1. The van der Waals surface area contributed by atoms with Crippen molar-refractivity contribution in [3.63, 3.8) is 0 Å². The normalized spacial score (nSPS) is 22.6. The van der Waals surface area contributed by atoms with Crippen molar-refractivity contribution in [3.05, 3.63) is 29.8 Å². The first-order valence-electron chi connectivity index (χ1n) is 6.31. The molecule has 1 heterocycles. The fraction of sp³-hybridized carbons (Fsp3) is 0.429. The topological polar surface area (TPSA) is 67.9 Å². The molecule has 0 aromatic heterocycles. The Morgan fingerprint density at radius 1 is 1.42 bits per heavy atom. The summed E-state index contributed by atoms with van der Waals surface area (Å²) in [6, 6.07) is 7.48. The van der Waals surface area contributed by atoms with Gasteiger partial charge in [0.15, 0.2) is 0 Å². The molecule has 0 bridgehead atoms. The summed E-state index contributed by atoms with van der Waals surface area (Å²) in [5.74, 6) is 1.16. The summed E-state index contributed by atoms with van der Waals surface area (Å²) >= 11 is 0. The maximum absolute atomic E-state index is 11.8. The van der Waals surface area contributed by atoms with Crippen molar-refractivity contribution >= 4 is 11.9 Å². The molecule has 1 aliphatic rings. The third-order valence-electron chi connectivity index (χ3n) is 3.64. The Hall–Kier alpha value is -2.04. The molecular formula is C14H19N3O2. The van der Waals surface area contributed by atoms with E-state index in [2.05, 4.69) is 4.99 Å². The van der Waals surface area contributed by atoms with Crippen molar-refractivity contribution in [1.29, 1.82) is 0 Å². The summed E-state index contributed by atoms with van der Waals surface area (Å²) in [4.78, 5) is 17.4. The number of para-hydroxylation sites is 1. The van der Waals surface area contributed by atoms with Crippen LogP contribution in [0.2, 0.25) is 0 Å². The average Bonchev–Trinajstić information content (AvgIpc) is 2.60. The lowest BCUT2D eigenvalue weighted by molar-refractivity contribution is 0.182. The van der Waals surface area contributed by atoms with Crippen LogP contribution in [-0.4, -0.2) is 36.0 Å². The van der Waals surface area contributed by atoms with Gasteiger partial charge in [-0.3, -0.25) is 0 Å². The number of rotatable bonds is 4. The molecule has 1 aromatic rings. The lowest BCUT2D eigenvalue weighted by Gasteiger charge is -2.34. The standard InChI is InChI=1S/C14H19N3O2/c1-4-17-13(18)16-12(15)14(17,2)9-10-7-5-6-8-11(10)19-3/h5-8H,4,9H2,1-3H3,(H2,15,16,18). The Labute approximate surface area is 113 Å². The Kier molecular flexibility index (Phi) is 3.46. The van der Waals surface area contributed by atoms with Gasteiger partial charge in [0, 0.05) is 13.0 Å². The van der Waals surface area contributed by atoms with Crippen molar-refractivity contribution in [2.45, 2.75) is 25.8 Å². The Bertz CT molecular complexity index is 527. The van der Waals surface area contributed by atoms with E-state index in [9.17, 15) is 4.79 Å². The van der Waals surface area contributed by atoms with Gasteiger partial charge in [0.25, 0.3) is 0 Å². The van der Waals surface area contributed by atoms with E-state index in [0.29, 0.717) is 18.8 Å². The number of ether oxygens (including phenoxy) is 1. The molecule has 5 nitrogen and oxygen atoms in total. The Balaban J connectivity index is 2.35. The van der Waals surface area contributed by atoms with E-state index in [-0.39, 0.29) is 6.03 Å². The molecule has 5 heteroatoms. The van der Waals surface area contributed by atoms with Crippen LogP contribution in [0.3, 0.4) is 0 Å². The maximum atomic E-state index is 11.8. The van der Waals surface area contributed by atoms with Gasteiger partial charge in [-0.25, -0.2) is 4.79 Å². The van der Waals surface area contributed by atoms with E-state index in [4.69, 9.17) is 10.5 Å². The van der Waals surface area contributed by atoms with E-state index in [0.717, 1.165) is 11.3 Å². The quantitative estimate of drug-likeness (QED) is 0.898. The predicted octanol–water partition coefficient (Wildman–Crippen LogP) is 1.81. The second-order valence-electron chi connectivity index (χ2n) is 4.79. The molecule has 1 aliphatic heterocycles. The van der Waals surface area contributed by atoms with Crippen molar-refractivity contribution in [2.24, 2.45) is 10.7 Å². The second-order valence-corrected chi connectivity index (χ2v) is 4.79. The van der Waals surface area contributed by atoms with E-state index in [1.54, 1.807) is 12.0 Å². The molecule has 0 fully saturated rings. The van der Waals surface area contributed by atoms with E-state index < -0.39 is 5.54 Å². The van der Waals surface area contributed by atoms with Crippen LogP contribution in [-0.2, 0) is 6.42 Å². The zero-order chi connectivity index (χ0) is 14.0. The fourth-order valence-corrected chi connectivity index (χ4v) is 2.52. The van der Waals surface area contributed by atoms with Gasteiger partial charge >= 0.3 is 6.03 Å². The van der Waals surface area contributed by atoms with E-state index in [1.165, 1.54) is 0 Å². The molecule has 0 saturated heterocycles. The summed E-state index contributed by atoms with van der Waals surface area (Å²) in [7, 11) is 1.63. The van der Waals surface area contributed by atoms with Crippen LogP contribution in [0.15, 0.2) is 29.3 Å². The van der Waals surface area contributed by atoms with Gasteiger partial charge in [-0.1, -0.05) is 18.2 Å². The minimum Gasteiger partial charge on any atom is -0.496 e. The number of amides is 2. The first-order chi connectivity index (χ1) is 9.02.